The van der Waals surface area contributed by atoms with Crippen molar-refractivity contribution in [2.45, 2.75) is 27.4 Å². The largest absolute Gasteiger partial charge is 0.444 e. The van der Waals surface area contributed by atoms with Gasteiger partial charge in [0.1, 0.15) is 11.6 Å². The minimum absolute atomic E-state index is 0.102. The van der Waals surface area contributed by atoms with Gasteiger partial charge in [-0.15, -0.1) is 11.3 Å². The maximum Gasteiger partial charge on any atom is 0.412 e. The van der Waals surface area contributed by atoms with Crippen molar-refractivity contribution in [3.8, 4) is 0 Å². The molecule has 3 rings (SSSR count). The Bertz CT molecular complexity index is 959. The number of amides is 1. The number of aryl methyl sites for hydroxylation is 2. The molecule has 138 valence electrons. The molecule has 0 fully saturated rings. The molecule has 0 radical (unpaired) electrons. The van der Waals surface area contributed by atoms with E-state index in [9.17, 15) is 9.59 Å². The summed E-state index contributed by atoms with van der Waals surface area (Å²) in [5.74, 6) is -0.102. The number of hydrogen-bond acceptors (Lipinski definition) is 4. The van der Waals surface area contributed by atoms with Crippen LogP contribution in [0.3, 0.4) is 0 Å². The van der Waals surface area contributed by atoms with Crippen LogP contribution in [0.25, 0.3) is 0 Å². The highest BCUT2D eigenvalue weighted by atomic mass is 32.1. The van der Waals surface area contributed by atoms with Crippen LogP contribution in [0.1, 0.15) is 37.5 Å². The van der Waals surface area contributed by atoms with Crippen LogP contribution >= 0.6 is 11.3 Å². The number of thiophene rings is 1. The van der Waals surface area contributed by atoms with Gasteiger partial charge in [-0.25, -0.2) is 4.79 Å². The zero-order chi connectivity index (χ0) is 19.4. The van der Waals surface area contributed by atoms with Crippen LogP contribution in [-0.2, 0) is 11.3 Å². The summed E-state index contributed by atoms with van der Waals surface area (Å²) in [5, 5.41) is 3.26. The molecule has 3 aromatic rings. The Morgan fingerprint density at radius 1 is 0.963 bits per heavy atom. The fraction of sp³-hybridized carbons (Fsp3) is 0.182. The van der Waals surface area contributed by atoms with Crippen LogP contribution in [0.5, 0.6) is 0 Å². The average molecular weight is 379 g/mol. The van der Waals surface area contributed by atoms with Gasteiger partial charge >= 0.3 is 6.09 Å². The average Bonchev–Trinajstić information content (AvgIpc) is 2.94. The number of ketones is 1. The first-order valence-corrected chi connectivity index (χ1v) is 9.46. The number of carbonyl (C=O) groups excluding carboxylic acids is 2. The van der Waals surface area contributed by atoms with Gasteiger partial charge in [-0.3, -0.25) is 10.1 Å². The monoisotopic (exact) mass is 379 g/mol. The highest BCUT2D eigenvalue weighted by Crippen LogP contribution is 2.34. The molecule has 27 heavy (non-hydrogen) atoms. The Kier molecular flexibility index (Phi) is 5.72. The molecule has 1 amide bonds. The van der Waals surface area contributed by atoms with E-state index in [1.807, 2.05) is 75.4 Å². The van der Waals surface area contributed by atoms with E-state index in [1.54, 1.807) is 0 Å². The van der Waals surface area contributed by atoms with Gasteiger partial charge in [0.2, 0.25) is 0 Å². The van der Waals surface area contributed by atoms with E-state index < -0.39 is 6.09 Å². The van der Waals surface area contributed by atoms with E-state index in [2.05, 4.69) is 5.32 Å². The second kappa shape index (κ2) is 8.18. The van der Waals surface area contributed by atoms with Crippen molar-refractivity contribution in [3.05, 3.63) is 87.3 Å². The molecule has 0 bridgehead atoms. The summed E-state index contributed by atoms with van der Waals surface area (Å²) >= 11 is 1.38. The molecular formula is C22H21NO3S. The third-order valence-corrected chi connectivity index (χ3v) is 5.48. The molecule has 1 N–H and O–H groups in total. The lowest BCUT2D eigenvalue weighted by molar-refractivity contribution is 0.103. The zero-order valence-electron chi connectivity index (χ0n) is 15.5. The van der Waals surface area contributed by atoms with Gasteiger partial charge in [0, 0.05) is 10.4 Å². The lowest BCUT2D eigenvalue weighted by atomic mass is 10.0. The number of benzene rings is 2. The van der Waals surface area contributed by atoms with Crippen molar-refractivity contribution < 1.29 is 14.3 Å². The van der Waals surface area contributed by atoms with E-state index in [-0.39, 0.29) is 12.4 Å². The minimum Gasteiger partial charge on any atom is -0.444 e. The molecule has 0 saturated carbocycles. The molecular weight excluding hydrogens is 358 g/mol. The molecule has 1 aromatic heterocycles. The maximum absolute atomic E-state index is 13.0. The Morgan fingerprint density at radius 2 is 1.63 bits per heavy atom. The maximum atomic E-state index is 13.0. The number of carbonyl (C=O) groups is 2. The highest BCUT2D eigenvalue weighted by molar-refractivity contribution is 7.16. The summed E-state index contributed by atoms with van der Waals surface area (Å²) in [6.45, 7) is 5.99. The van der Waals surface area contributed by atoms with E-state index in [0.29, 0.717) is 16.1 Å². The van der Waals surface area contributed by atoms with Crippen molar-refractivity contribution in [2.24, 2.45) is 0 Å². The third kappa shape index (κ3) is 4.44. The molecule has 2 aromatic carbocycles. The molecule has 1 heterocycles. The Hall–Kier alpha value is -2.92. The van der Waals surface area contributed by atoms with Crippen molar-refractivity contribution in [1.29, 1.82) is 0 Å². The molecule has 0 aliphatic heterocycles. The standard InChI is InChI=1S/C22H21NO3S/c1-14-9-11-18(12-10-14)20(24)19-15(2)16(3)27-21(19)23-22(25)26-13-17-7-5-4-6-8-17/h4-12H,13H2,1-3H3,(H,23,25). The van der Waals surface area contributed by atoms with Gasteiger partial charge in [0.25, 0.3) is 0 Å². The number of hydrogen-bond donors (Lipinski definition) is 1. The van der Waals surface area contributed by atoms with Gasteiger partial charge in [0.15, 0.2) is 5.78 Å². The van der Waals surface area contributed by atoms with Crippen molar-refractivity contribution >= 4 is 28.2 Å². The highest BCUT2D eigenvalue weighted by Gasteiger charge is 2.22. The predicted octanol–water partition coefficient (Wildman–Crippen LogP) is 5.65. The van der Waals surface area contributed by atoms with Gasteiger partial charge in [-0.05, 0) is 31.9 Å². The predicted molar refractivity (Wildman–Crippen MR) is 109 cm³/mol. The summed E-state index contributed by atoms with van der Waals surface area (Å²) in [7, 11) is 0. The van der Waals surface area contributed by atoms with Crippen molar-refractivity contribution in [1.82, 2.24) is 0 Å². The first-order valence-electron chi connectivity index (χ1n) is 8.64. The Labute approximate surface area is 162 Å². The normalized spacial score (nSPS) is 10.5. The van der Waals surface area contributed by atoms with Gasteiger partial charge in [-0.2, -0.15) is 0 Å². The second-order valence-electron chi connectivity index (χ2n) is 6.37. The van der Waals surface area contributed by atoms with Crippen LogP contribution in [-0.4, -0.2) is 11.9 Å². The van der Waals surface area contributed by atoms with E-state index in [1.165, 1.54) is 11.3 Å². The van der Waals surface area contributed by atoms with E-state index in [4.69, 9.17) is 4.74 Å². The zero-order valence-corrected chi connectivity index (χ0v) is 16.4. The van der Waals surface area contributed by atoms with Crippen LogP contribution in [0, 0.1) is 20.8 Å². The summed E-state index contributed by atoms with van der Waals surface area (Å²) in [5.41, 5.74) is 4.00. The molecule has 4 nitrogen and oxygen atoms in total. The SMILES string of the molecule is Cc1ccc(C(=O)c2c(NC(=O)OCc3ccccc3)sc(C)c2C)cc1. The molecule has 5 heteroatoms. The topological polar surface area (TPSA) is 55.4 Å². The summed E-state index contributed by atoms with van der Waals surface area (Å²) in [6.07, 6.45) is -0.571. The smallest absolute Gasteiger partial charge is 0.412 e. The summed E-state index contributed by atoms with van der Waals surface area (Å²) < 4.78 is 5.28. The molecule has 0 aliphatic carbocycles. The van der Waals surface area contributed by atoms with Crippen molar-refractivity contribution in [3.63, 3.8) is 0 Å². The molecule has 0 unspecified atom stereocenters. The van der Waals surface area contributed by atoms with Crippen LogP contribution in [0.15, 0.2) is 54.6 Å². The van der Waals surface area contributed by atoms with Gasteiger partial charge in [0.05, 0.1) is 5.56 Å². The van der Waals surface area contributed by atoms with Crippen LogP contribution in [0.4, 0.5) is 9.80 Å². The molecule has 0 atom stereocenters. The molecule has 0 spiro atoms. The number of anilines is 1. The summed E-state index contributed by atoms with van der Waals surface area (Å²) in [4.78, 5) is 26.2. The quantitative estimate of drug-likeness (QED) is 0.583. The van der Waals surface area contributed by atoms with Gasteiger partial charge < -0.3 is 4.74 Å². The van der Waals surface area contributed by atoms with E-state index in [0.717, 1.165) is 21.6 Å². The van der Waals surface area contributed by atoms with Crippen LogP contribution < -0.4 is 5.32 Å². The molecule has 0 aliphatic rings. The van der Waals surface area contributed by atoms with Gasteiger partial charge in [-0.1, -0.05) is 60.2 Å². The molecule has 0 saturated heterocycles. The fourth-order valence-electron chi connectivity index (χ4n) is 2.69. The number of nitrogens with one attached hydrogen (secondary N) is 1. The lowest BCUT2D eigenvalue weighted by Crippen LogP contribution is -2.15. The Balaban J connectivity index is 1.77. The first-order chi connectivity index (χ1) is 13.0. The van der Waals surface area contributed by atoms with E-state index >= 15 is 0 Å². The van der Waals surface area contributed by atoms with Crippen LogP contribution in [0.2, 0.25) is 0 Å². The van der Waals surface area contributed by atoms with Crippen molar-refractivity contribution in [2.75, 3.05) is 5.32 Å². The fourth-order valence-corrected chi connectivity index (χ4v) is 3.73. The lowest BCUT2D eigenvalue weighted by Gasteiger charge is -2.08. The second-order valence-corrected chi connectivity index (χ2v) is 7.59. The third-order valence-electron chi connectivity index (χ3n) is 4.35. The number of rotatable bonds is 5. The minimum atomic E-state index is -0.571. The first kappa shape index (κ1) is 18.9. The number of ether oxygens (including phenoxy) is 1. The summed E-state index contributed by atoms with van der Waals surface area (Å²) in [6, 6.07) is 16.9. The Morgan fingerprint density at radius 3 is 2.30 bits per heavy atom.